The Labute approximate surface area is 114 Å². The molecule has 0 saturated heterocycles. The van der Waals surface area contributed by atoms with Crippen molar-refractivity contribution in [2.75, 3.05) is 5.43 Å². The van der Waals surface area contributed by atoms with Gasteiger partial charge in [0.15, 0.2) is 5.84 Å². The molecule has 0 bridgehead atoms. The first-order valence-electron chi connectivity index (χ1n) is 5.43. The Bertz CT molecular complexity index is 652. The number of rotatable bonds is 4. The third-order valence-electron chi connectivity index (χ3n) is 2.33. The van der Waals surface area contributed by atoms with E-state index in [1.165, 1.54) is 0 Å². The van der Waals surface area contributed by atoms with Crippen LogP contribution in [-0.2, 0) is 0 Å². The van der Waals surface area contributed by atoms with Gasteiger partial charge in [0.2, 0.25) is 5.71 Å². The van der Waals surface area contributed by atoms with Gasteiger partial charge >= 0.3 is 0 Å². The van der Waals surface area contributed by atoms with Crippen molar-refractivity contribution in [3.8, 4) is 16.5 Å². The molecule has 0 radical (unpaired) electrons. The summed E-state index contributed by atoms with van der Waals surface area (Å²) in [5, 5.41) is 21.7. The van der Waals surface area contributed by atoms with Crippen LogP contribution in [-0.4, -0.2) is 11.5 Å². The Morgan fingerprint density at radius 2 is 2.21 bits per heavy atom. The molecule has 94 valence electrons. The van der Waals surface area contributed by atoms with E-state index in [0.717, 1.165) is 16.1 Å². The number of hydrogen-bond donors (Lipinski definition) is 3. The predicted octanol–water partition coefficient (Wildman–Crippen LogP) is 2.64. The van der Waals surface area contributed by atoms with Gasteiger partial charge in [-0.2, -0.15) is 10.4 Å². The van der Waals surface area contributed by atoms with Crippen molar-refractivity contribution in [1.29, 1.82) is 10.7 Å². The molecule has 0 aliphatic carbocycles. The minimum Gasteiger partial charge on any atom is -0.382 e. The normalized spacial score (nSPS) is 10.8. The van der Waals surface area contributed by atoms with Crippen molar-refractivity contribution in [3.05, 3.63) is 41.8 Å². The second-order valence-corrected chi connectivity index (χ2v) is 4.60. The van der Waals surface area contributed by atoms with E-state index in [1.54, 1.807) is 17.4 Å². The van der Waals surface area contributed by atoms with Crippen molar-refractivity contribution in [2.24, 2.45) is 10.8 Å². The summed E-state index contributed by atoms with van der Waals surface area (Å²) in [6.07, 6.45) is 0. The summed E-state index contributed by atoms with van der Waals surface area (Å²) < 4.78 is 0. The lowest BCUT2D eigenvalue weighted by atomic mass is 10.2. The van der Waals surface area contributed by atoms with Gasteiger partial charge in [0, 0.05) is 4.88 Å². The molecule has 0 atom stereocenters. The van der Waals surface area contributed by atoms with E-state index in [-0.39, 0.29) is 11.5 Å². The number of amidine groups is 1. The van der Waals surface area contributed by atoms with E-state index in [0.29, 0.717) is 0 Å². The zero-order valence-corrected chi connectivity index (χ0v) is 10.7. The maximum Gasteiger partial charge on any atom is 0.201 e. The zero-order chi connectivity index (χ0) is 13.7. The Balaban J connectivity index is 2.21. The van der Waals surface area contributed by atoms with Crippen LogP contribution in [0.4, 0.5) is 5.69 Å². The van der Waals surface area contributed by atoms with Crippen LogP contribution < -0.4 is 11.2 Å². The van der Waals surface area contributed by atoms with Crippen LogP contribution in [0.3, 0.4) is 0 Å². The van der Waals surface area contributed by atoms with Crippen LogP contribution in [0.5, 0.6) is 0 Å². The van der Waals surface area contributed by atoms with Crippen molar-refractivity contribution < 1.29 is 0 Å². The highest BCUT2D eigenvalue weighted by molar-refractivity contribution is 7.13. The highest BCUT2D eigenvalue weighted by atomic mass is 32.1. The molecule has 0 aliphatic heterocycles. The molecule has 1 aromatic carbocycles. The standard InChI is InChI=1S/C13H11N5S/c14-8-11(13(15)16)18-17-10-4-1-3-9(7-10)12-5-2-6-19-12/h1-7,17H,(H3,15,16)/b18-11+. The SMILES string of the molecule is N#C/C(=N\Nc1cccc(-c2cccs2)c1)C(=N)N. The molecule has 6 heteroatoms. The van der Waals surface area contributed by atoms with E-state index >= 15 is 0 Å². The third-order valence-corrected chi connectivity index (χ3v) is 3.25. The molecule has 2 rings (SSSR count). The lowest BCUT2D eigenvalue weighted by Crippen LogP contribution is -2.21. The fourth-order valence-electron chi connectivity index (χ4n) is 1.45. The van der Waals surface area contributed by atoms with Gasteiger partial charge in [-0.25, -0.2) is 0 Å². The number of nitrogens with zero attached hydrogens (tertiary/aromatic N) is 2. The minimum atomic E-state index is -0.357. The van der Waals surface area contributed by atoms with Crippen molar-refractivity contribution >= 4 is 28.6 Å². The zero-order valence-electron chi connectivity index (χ0n) is 9.92. The van der Waals surface area contributed by atoms with E-state index in [1.807, 2.05) is 41.8 Å². The fraction of sp³-hybridized carbons (Fsp3) is 0. The number of nitrogens with two attached hydrogens (primary N) is 1. The first kappa shape index (κ1) is 12.8. The lowest BCUT2D eigenvalue weighted by Gasteiger charge is -2.03. The smallest absolute Gasteiger partial charge is 0.201 e. The second-order valence-electron chi connectivity index (χ2n) is 3.66. The van der Waals surface area contributed by atoms with Crippen LogP contribution in [0, 0.1) is 16.7 Å². The Hall–Kier alpha value is -2.65. The van der Waals surface area contributed by atoms with Gasteiger partial charge in [-0.3, -0.25) is 10.8 Å². The van der Waals surface area contributed by atoms with Gasteiger partial charge < -0.3 is 5.73 Å². The maximum atomic E-state index is 8.74. The molecule has 1 heterocycles. The van der Waals surface area contributed by atoms with Gasteiger partial charge in [-0.05, 0) is 29.1 Å². The van der Waals surface area contributed by atoms with Crippen molar-refractivity contribution in [2.45, 2.75) is 0 Å². The number of benzene rings is 1. The Morgan fingerprint density at radius 1 is 1.37 bits per heavy atom. The summed E-state index contributed by atoms with van der Waals surface area (Å²) in [6, 6.07) is 13.4. The van der Waals surface area contributed by atoms with Gasteiger partial charge in [0.05, 0.1) is 5.69 Å². The molecule has 5 nitrogen and oxygen atoms in total. The molecule has 0 fully saturated rings. The summed E-state index contributed by atoms with van der Waals surface area (Å²) in [4.78, 5) is 1.15. The summed E-state index contributed by atoms with van der Waals surface area (Å²) in [5.74, 6) is -0.357. The molecule has 0 amide bonds. The molecule has 0 unspecified atom stereocenters. The first-order valence-corrected chi connectivity index (χ1v) is 6.31. The number of anilines is 1. The molecule has 0 aliphatic rings. The Morgan fingerprint density at radius 3 is 2.84 bits per heavy atom. The summed E-state index contributed by atoms with van der Waals surface area (Å²) in [6.45, 7) is 0. The topological polar surface area (TPSA) is 98.0 Å². The molecule has 19 heavy (non-hydrogen) atoms. The van der Waals surface area contributed by atoms with Crippen molar-refractivity contribution in [1.82, 2.24) is 0 Å². The quantitative estimate of drug-likeness (QED) is 0.452. The number of nitrogens with one attached hydrogen (secondary N) is 2. The van der Waals surface area contributed by atoms with E-state index < -0.39 is 0 Å². The number of thiophene rings is 1. The molecular weight excluding hydrogens is 258 g/mol. The molecule has 1 aromatic heterocycles. The minimum absolute atomic E-state index is 0.137. The fourth-order valence-corrected chi connectivity index (χ4v) is 2.17. The monoisotopic (exact) mass is 269 g/mol. The molecule has 4 N–H and O–H groups in total. The first-order chi connectivity index (χ1) is 9.20. The van der Waals surface area contributed by atoms with E-state index in [2.05, 4.69) is 10.5 Å². The molecule has 2 aromatic rings. The molecule has 0 saturated carbocycles. The van der Waals surface area contributed by atoms with Gasteiger partial charge in [-0.1, -0.05) is 18.2 Å². The molecular formula is C13H11N5S. The van der Waals surface area contributed by atoms with Gasteiger partial charge in [0.1, 0.15) is 6.07 Å². The van der Waals surface area contributed by atoms with Crippen LogP contribution in [0.25, 0.3) is 10.4 Å². The third kappa shape index (κ3) is 3.18. The second kappa shape index (κ2) is 5.80. The van der Waals surface area contributed by atoms with Crippen LogP contribution >= 0.6 is 11.3 Å². The van der Waals surface area contributed by atoms with E-state index in [9.17, 15) is 0 Å². The largest absolute Gasteiger partial charge is 0.382 e. The van der Waals surface area contributed by atoms with Crippen LogP contribution in [0.2, 0.25) is 0 Å². The highest BCUT2D eigenvalue weighted by Crippen LogP contribution is 2.26. The van der Waals surface area contributed by atoms with Crippen LogP contribution in [0.15, 0.2) is 46.9 Å². The highest BCUT2D eigenvalue weighted by Gasteiger charge is 2.02. The van der Waals surface area contributed by atoms with Gasteiger partial charge in [-0.15, -0.1) is 11.3 Å². The maximum absolute atomic E-state index is 8.74. The summed E-state index contributed by atoms with van der Waals surface area (Å²) in [5.41, 5.74) is 9.60. The average Bonchev–Trinajstić information content (AvgIpc) is 2.93. The lowest BCUT2D eigenvalue weighted by molar-refractivity contribution is 1.33. The number of nitriles is 1. The Kier molecular flexibility index (Phi) is 3.90. The number of hydrazone groups is 1. The average molecular weight is 269 g/mol. The molecule has 0 spiro atoms. The van der Waals surface area contributed by atoms with Gasteiger partial charge in [0.25, 0.3) is 0 Å². The predicted molar refractivity (Wildman–Crippen MR) is 78.3 cm³/mol. The summed E-state index contributed by atoms with van der Waals surface area (Å²) in [7, 11) is 0. The van der Waals surface area contributed by atoms with Crippen LogP contribution in [0.1, 0.15) is 0 Å². The van der Waals surface area contributed by atoms with E-state index in [4.69, 9.17) is 16.4 Å². The van der Waals surface area contributed by atoms with Crippen molar-refractivity contribution in [3.63, 3.8) is 0 Å². The summed E-state index contributed by atoms with van der Waals surface area (Å²) >= 11 is 1.65. The number of hydrogen-bond acceptors (Lipinski definition) is 5.